The van der Waals surface area contributed by atoms with Crippen molar-refractivity contribution in [3.8, 4) is 5.75 Å². The molecule has 0 unspecified atom stereocenters. The molecule has 2 aliphatic carbocycles. The van der Waals surface area contributed by atoms with Gasteiger partial charge in [-0.1, -0.05) is 18.0 Å². The number of nitrogens with zero attached hydrogens (tertiary/aromatic N) is 1. The van der Waals surface area contributed by atoms with Gasteiger partial charge in [-0.25, -0.2) is 25.6 Å². The van der Waals surface area contributed by atoms with Crippen LogP contribution in [0.2, 0.25) is 5.02 Å². The summed E-state index contributed by atoms with van der Waals surface area (Å²) in [5.74, 6) is -4.69. The van der Waals surface area contributed by atoms with Crippen LogP contribution in [-0.2, 0) is 24.6 Å². The molecular weight excluding hydrogens is 577 g/mol. The fourth-order valence-electron chi connectivity index (χ4n) is 5.90. The Morgan fingerprint density at radius 1 is 0.974 bits per heavy atom. The number of hydrogen-bond acceptors (Lipinski definition) is 5. The van der Waals surface area contributed by atoms with Gasteiger partial charge in [0.05, 0.1) is 17.1 Å². The van der Waals surface area contributed by atoms with E-state index < -0.39 is 84.1 Å². The first-order valence-corrected chi connectivity index (χ1v) is 15.2. The van der Waals surface area contributed by atoms with Gasteiger partial charge in [-0.3, -0.25) is 0 Å². The number of sulfonamides is 1. The normalized spacial score (nSPS) is 26.0. The molecule has 0 radical (unpaired) electrons. The summed E-state index contributed by atoms with van der Waals surface area (Å²) in [5, 5.41) is 0.238. The zero-order valence-electron chi connectivity index (χ0n) is 19.7. The number of hydrogen-bond donors (Lipinski definition) is 0. The first-order chi connectivity index (χ1) is 17.7. The van der Waals surface area contributed by atoms with Crippen LogP contribution in [0.5, 0.6) is 5.75 Å². The third-order valence-electron chi connectivity index (χ3n) is 7.75. The average molecular weight is 600 g/mol. The van der Waals surface area contributed by atoms with Gasteiger partial charge >= 0.3 is 15.5 Å². The Balaban J connectivity index is 1.68. The van der Waals surface area contributed by atoms with Crippen molar-refractivity contribution in [1.82, 2.24) is 4.31 Å². The van der Waals surface area contributed by atoms with Crippen LogP contribution < -0.4 is 4.74 Å². The summed E-state index contributed by atoms with van der Waals surface area (Å²) in [6.45, 7) is -1.07. The van der Waals surface area contributed by atoms with Crippen molar-refractivity contribution in [3.63, 3.8) is 0 Å². The highest BCUT2D eigenvalue weighted by atomic mass is 35.5. The lowest BCUT2D eigenvalue weighted by atomic mass is 9.67. The van der Waals surface area contributed by atoms with Crippen molar-refractivity contribution in [2.24, 2.45) is 11.8 Å². The summed E-state index contributed by atoms with van der Waals surface area (Å²) in [7, 11) is -10.2. The van der Waals surface area contributed by atoms with E-state index in [2.05, 4.69) is 0 Å². The second-order valence-corrected chi connectivity index (χ2v) is 14.4. The molecule has 208 valence electrons. The lowest BCUT2D eigenvalue weighted by molar-refractivity contribution is -0.0503. The maximum absolute atomic E-state index is 15.5. The smallest absolute Gasteiger partial charge is 0.490 e. The van der Waals surface area contributed by atoms with Crippen molar-refractivity contribution < 1.29 is 43.5 Å². The zero-order valence-corrected chi connectivity index (χ0v) is 22.1. The third kappa shape index (κ3) is 4.20. The van der Waals surface area contributed by atoms with E-state index in [9.17, 15) is 34.4 Å². The summed E-state index contributed by atoms with van der Waals surface area (Å²) in [6.07, 6.45) is 0.605. The summed E-state index contributed by atoms with van der Waals surface area (Å²) in [4.78, 5) is -0.231. The van der Waals surface area contributed by atoms with E-state index in [1.54, 1.807) is 0 Å². The van der Waals surface area contributed by atoms with Crippen LogP contribution >= 0.6 is 11.6 Å². The number of benzene rings is 2. The molecule has 0 amide bonds. The predicted molar refractivity (Wildman–Crippen MR) is 128 cm³/mol. The Morgan fingerprint density at radius 3 is 2.21 bits per heavy atom. The van der Waals surface area contributed by atoms with Crippen molar-refractivity contribution in [2.45, 2.75) is 53.3 Å². The zero-order chi connectivity index (χ0) is 27.7. The van der Waals surface area contributed by atoms with E-state index in [1.165, 1.54) is 24.3 Å². The average Bonchev–Trinajstić information content (AvgIpc) is 3.69. The van der Waals surface area contributed by atoms with Gasteiger partial charge in [-0.05, 0) is 68.0 Å². The molecule has 0 N–H and O–H groups in total. The molecule has 1 heterocycles. The Bertz CT molecular complexity index is 1460. The molecule has 3 aliphatic rings. The van der Waals surface area contributed by atoms with Crippen LogP contribution in [0, 0.1) is 23.5 Å². The number of fused-ring (bicyclic) bond motifs is 3. The van der Waals surface area contributed by atoms with Crippen LogP contribution in [-0.4, -0.2) is 45.8 Å². The van der Waals surface area contributed by atoms with Gasteiger partial charge in [0.25, 0.3) is 0 Å². The number of ether oxygens (including phenoxy) is 1. The highest BCUT2D eigenvalue weighted by molar-refractivity contribution is 7.92. The largest absolute Gasteiger partial charge is 0.511 e. The van der Waals surface area contributed by atoms with E-state index in [-0.39, 0.29) is 42.0 Å². The van der Waals surface area contributed by atoms with E-state index in [4.69, 9.17) is 16.3 Å². The molecule has 1 aliphatic heterocycles. The molecule has 0 aromatic heterocycles. The SMILES string of the molecule is O=S(=O)(N(C[C@@H]1CCC[C@@]2(S(=O)(=O)c3ccc(Cl)cc3)c3c(F)ccc(F)c3OC[C@@H]12)C1CC1)C(F)(F)F. The van der Waals surface area contributed by atoms with Crippen molar-refractivity contribution >= 4 is 31.5 Å². The predicted octanol–water partition coefficient (Wildman–Crippen LogP) is 5.41. The molecule has 6 nitrogen and oxygen atoms in total. The molecule has 2 saturated carbocycles. The van der Waals surface area contributed by atoms with Crippen molar-refractivity contribution in [3.05, 3.63) is 58.6 Å². The highest BCUT2D eigenvalue weighted by Gasteiger charge is 2.62. The minimum atomic E-state index is -5.71. The van der Waals surface area contributed by atoms with Gasteiger partial charge in [-0.15, -0.1) is 0 Å². The Morgan fingerprint density at radius 2 is 1.61 bits per heavy atom. The lowest BCUT2D eigenvalue weighted by Crippen LogP contribution is -2.56. The van der Waals surface area contributed by atoms with Crippen LogP contribution in [0.1, 0.15) is 37.7 Å². The van der Waals surface area contributed by atoms with Gasteiger partial charge in [0, 0.05) is 23.5 Å². The van der Waals surface area contributed by atoms with Crippen LogP contribution in [0.15, 0.2) is 41.3 Å². The van der Waals surface area contributed by atoms with Gasteiger partial charge in [0.1, 0.15) is 10.6 Å². The van der Waals surface area contributed by atoms with E-state index >= 15 is 4.39 Å². The monoisotopic (exact) mass is 599 g/mol. The van der Waals surface area contributed by atoms with Crippen LogP contribution in [0.3, 0.4) is 0 Å². The summed E-state index contributed by atoms with van der Waals surface area (Å²) in [5.41, 5.74) is -6.06. The molecule has 5 rings (SSSR count). The number of sulfone groups is 1. The standard InChI is InChI=1S/C24H23ClF5NO5S2/c25-15-3-7-17(8-4-15)37(32,33)23-11-1-2-14(12-31(16-5-6-16)38(34,35)24(28,29)30)18(23)13-36-22-20(27)10-9-19(26)21(22)23/h3-4,7-10,14,16,18H,1-2,5-6,11-13H2/t14-,18-,23-/m0/s1. The Kier molecular flexibility index (Phi) is 6.76. The first kappa shape index (κ1) is 27.6. The number of rotatable bonds is 6. The summed E-state index contributed by atoms with van der Waals surface area (Å²) < 4.78 is 128. The second-order valence-electron chi connectivity index (χ2n) is 9.90. The molecule has 0 saturated heterocycles. The lowest BCUT2D eigenvalue weighted by Gasteiger charge is -2.51. The van der Waals surface area contributed by atoms with Gasteiger partial charge in [0.15, 0.2) is 21.4 Å². The second kappa shape index (κ2) is 9.31. The van der Waals surface area contributed by atoms with Gasteiger partial charge in [0.2, 0.25) is 0 Å². The minimum Gasteiger partial charge on any atom is -0.490 e. The van der Waals surface area contributed by atoms with Crippen LogP contribution in [0.25, 0.3) is 0 Å². The molecule has 0 spiro atoms. The number of alkyl halides is 3. The molecule has 38 heavy (non-hydrogen) atoms. The molecule has 3 atom stereocenters. The molecule has 2 aromatic rings. The van der Waals surface area contributed by atoms with Crippen LogP contribution in [0.4, 0.5) is 22.0 Å². The molecular formula is C24H23ClF5NO5S2. The fraction of sp³-hybridized carbons (Fsp3) is 0.500. The van der Waals surface area contributed by atoms with E-state index in [0.717, 1.165) is 12.1 Å². The van der Waals surface area contributed by atoms with E-state index in [0.29, 0.717) is 4.31 Å². The number of halogens is 6. The van der Waals surface area contributed by atoms with E-state index in [1.807, 2.05) is 0 Å². The highest BCUT2D eigenvalue weighted by Crippen LogP contribution is 2.58. The third-order valence-corrected chi connectivity index (χ3v) is 12.2. The molecule has 0 bridgehead atoms. The molecule has 14 heteroatoms. The van der Waals surface area contributed by atoms with Crippen molar-refractivity contribution in [2.75, 3.05) is 13.2 Å². The Labute approximate surface area is 221 Å². The maximum Gasteiger partial charge on any atom is 0.511 e. The first-order valence-electron chi connectivity index (χ1n) is 11.9. The van der Waals surface area contributed by atoms with Crippen molar-refractivity contribution in [1.29, 1.82) is 0 Å². The Hall–Kier alpha value is -1.96. The maximum atomic E-state index is 15.5. The topological polar surface area (TPSA) is 80.8 Å². The minimum absolute atomic E-state index is 0.119. The quantitative estimate of drug-likeness (QED) is 0.415. The fourth-order valence-corrected chi connectivity index (χ4v) is 9.73. The van der Waals surface area contributed by atoms with Gasteiger partial charge < -0.3 is 4.74 Å². The molecule has 2 aromatic carbocycles. The van der Waals surface area contributed by atoms with Gasteiger partial charge in [-0.2, -0.15) is 17.5 Å². The molecule has 2 fully saturated rings. The summed E-state index contributed by atoms with van der Waals surface area (Å²) in [6, 6.07) is 5.83. The summed E-state index contributed by atoms with van der Waals surface area (Å²) >= 11 is 5.93.